The van der Waals surface area contributed by atoms with Crippen molar-refractivity contribution in [3.05, 3.63) is 18.6 Å². The van der Waals surface area contributed by atoms with E-state index >= 15 is 0 Å². The summed E-state index contributed by atoms with van der Waals surface area (Å²) in [7, 11) is 0. The quantitative estimate of drug-likeness (QED) is 0.847. The van der Waals surface area contributed by atoms with E-state index in [0.29, 0.717) is 12.3 Å². The smallest absolute Gasteiger partial charge is 0.222 e. The number of hydrogen-bond donors (Lipinski definition) is 0. The normalized spacial score (nSPS) is 27.0. The second-order valence-corrected chi connectivity index (χ2v) is 7.46. The van der Waals surface area contributed by atoms with Crippen molar-refractivity contribution in [1.82, 2.24) is 14.9 Å². The number of rotatable bonds is 3. The first-order valence-corrected chi connectivity index (χ1v) is 9.15. The van der Waals surface area contributed by atoms with Gasteiger partial charge in [0.05, 0.1) is 12.3 Å². The van der Waals surface area contributed by atoms with Gasteiger partial charge in [0.1, 0.15) is 5.82 Å². The Labute approximate surface area is 143 Å². The summed E-state index contributed by atoms with van der Waals surface area (Å²) in [5, 5.41) is 0. The van der Waals surface area contributed by atoms with Crippen LogP contribution < -0.4 is 4.90 Å². The van der Waals surface area contributed by atoms with Crippen LogP contribution in [0.5, 0.6) is 0 Å². The maximum atomic E-state index is 12.3. The third-order valence-electron chi connectivity index (χ3n) is 5.89. The van der Waals surface area contributed by atoms with E-state index in [4.69, 9.17) is 4.74 Å². The average Bonchev–Trinajstić information content (AvgIpc) is 3.13. The molecule has 4 heterocycles. The molecule has 3 aliphatic rings. The summed E-state index contributed by atoms with van der Waals surface area (Å²) in [5.74, 6) is 1.28. The highest BCUT2D eigenvalue weighted by molar-refractivity contribution is 5.77. The predicted molar refractivity (Wildman–Crippen MR) is 90.7 cm³/mol. The second kappa shape index (κ2) is 6.67. The van der Waals surface area contributed by atoms with Gasteiger partial charge in [-0.15, -0.1) is 0 Å². The van der Waals surface area contributed by atoms with Crippen LogP contribution in [0, 0.1) is 5.41 Å². The molecule has 4 rings (SSSR count). The number of amides is 1. The Hall–Kier alpha value is -1.69. The van der Waals surface area contributed by atoms with E-state index in [0.717, 1.165) is 70.7 Å². The molecule has 6 nitrogen and oxygen atoms in total. The van der Waals surface area contributed by atoms with E-state index in [2.05, 4.69) is 19.8 Å². The van der Waals surface area contributed by atoms with E-state index in [1.807, 2.05) is 6.20 Å². The molecule has 3 fully saturated rings. The van der Waals surface area contributed by atoms with Crippen LogP contribution in [0.25, 0.3) is 0 Å². The van der Waals surface area contributed by atoms with Gasteiger partial charge in [-0.2, -0.15) is 0 Å². The standard InChI is InChI=1S/C18H26N4O2/c23-17-3-4-18(14-22(17)13-15-2-1-11-24-15)5-9-21(10-6-18)16-12-19-7-8-20-16/h7-8,12,15H,1-6,9-11,13-14H2. The van der Waals surface area contributed by atoms with Crippen molar-refractivity contribution in [1.29, 1.82) is 0 Å². The molecule has 3 aliphatic heterocycles. The molecule has 1 aromatic rings. The monoisotopic (exact) mass is 330 g/mol. The van der Waals surface area contributed by atoms with E-state index in [9.17, 15) is 4.79 Å². The van der Waals surface area contributed by atoms with Crippen LogP contribution in [0.1, 0.15) is 38.5 Å². The second-order valence-electron chi connectivity index (χ2n) is 7.46. The number of aromatic nitrogens is 2. The molecule has 0 aliphatic carbocycles. The Morgan fingerprint density at radius 3 is 2.83 bits per heavy atom. The number of ether oxygens (including phenoxy) is 1. The minimum absolute atomic E-state index is 0.254. The summed E-state index contributed by atoms with van der Waals surface area (Å²) < 4.78 is 5.74. The molecule has 24 heavy (non-hydrogen) atoms. The fourth-order valence-electron chi connectivity index (χ4n) is 4.38. The number of hydrogen-bond acceptors (Lipinski definition) is 5. The lowest BCUT2D eigenvalue weighted by molar-refractivity contribution is -0.140. The maximum absolute atomic E-state index is 12.3. The van der Waals surface area contributed by atoms with E-state index in [1.54, 1.807) is 12.4 Å². The molecular weight excluding hydrogens is 304 g/mol. The van der Waals surface area contributed by atoms with Crippen molar-refractivity contribution in [3.63, 3.8) is 0 Å². The van der Waals surface area contributed by atoms with Gasteiger partial charge in [-0.05, 0) is 37.5 Å². The summed E-state index contributed by atoms with van der Waals surface area (Å²) in [4.78, 5) is 25.3. The summed E-state index contributed by atoms with van der Waals surface area (Å²) in [6.07, 6.45) is 11.8. The molecule has 0 radical (unpaired) electrons. The lowest BCUT2D eigenvalue weighted by Crippen LogP contribution is -2.53. The van der Waals surface area contributed by atoms with Crippen LogP contribution >= 0.6 is 0 Å². The van der Waals surface area contributed by atoms with Crippen molar-refractivity contribution in [2.75, 3.05) is 37.7 Å². The molecule has 3 saturated heterocycles. The minimum Gasteiger partial charge on any atom is -0.376 e. The molecule has 1 aromatic heterocycles. The van der Waals surface area contributed by atoms with Gasteiger partial charge < -0.3 is 14.5 Å². The summed E-state index contributed by atoms with van der Waals surface area (Å²) in [6.45, 7) is 4.54. The number of likely N-dealkylation sites (tertiary alicyclic amines) is 1. The number of piperidine rings is 2. The molecule has 0 bridgehead atoms. The van der Waals surface area contributed by atoms with Crippen LogP contribution in [0.4, 0.5) is 5.82 Å². The van der Waals surface area contributed by atoms with Gasteiger partial charge >= 0.3 is 0 Å². The summed E-state index contributed by atoms with van der Waals surface area (Å²) in [6, 6.07) is 0. The third-order valence-corrected chi connectivity index (χ3v) is 5.89. The topological polar surface area (TPSA) is 58.6 Å². The maximum Gasteiger partial charge on any atom is 0.222 e. The zero-order valence-corrected chi connectivity index (χ0v) is 14.2. The zero-order valence-electron chi connectivity index (χ0n) is 14.2. The fraction of sp³-hybridized carbons (Fsp3) is 0.722. The SMILES string of the molecule is O=C1CCC2(CCN(c3cnccn3)CC2)CN1CC1CCCO1. The largest absolute Gasteiger partial charge is 0.376 e. The number of anilines is 1. The summed E-state index contributed by atoms with van der Waals surface area (Å²) >= 11 is 0. The van der Waals surface area contributed by atoms with Crippen molar-refractivity contribution < 1.29 is 9.53 Å². The van der Waals surface area contributed by atoms with E-state index < -0.39 is 0 Å². The Morgan fingerprint density at radius 2 is 2.12 bits per heavy atom. The Morgan fingerprint density at radius 1 is 1.25 bits per heavy atom. The van der Waals surface area contributed by atoms with Gasteiger partial charge in [-0.3, -0.25) is 9.78 Å². The van der Waals surface area contributed by atoms with Crippen molar-refractivity contribution >= 4 is 11.7 Å². The van der Waals surface area contributed by atoms with Gasteiger partial charge in [0.2, 0.25) is 5.91 Å². The number of nitrogens with zero attached hydrogens (tertiary/aromatic N) is 4. The molecule has 0 saturated carbocycles. The molecule has 130 valence electrons. The lowest BCUT2D eigenvalue weighted by atomic mass is 9.72. The van der Waals surface area contributed by atoms with Crippen molar-refractivity contribution in [3.8, 4) is 0 Å². The van der Waals surface area contributed by atoms with Crippen molar-refractivity contribution in [2.45, 2.75) is 44.6 Å². The van der Waals surface area contributed by atoms with Crippen LogP contribution in [0.3, 0.4) is 0 Å². The molecule has 1 spiro atoms. The Balaban J connectivity index is 1.38. The highest BCUT2D eigenvalue weighted by atomic mass is 16.5. The lowest BCUT2D eigenvalue weighted by Gasteiger charge is -2.48. The number of carbonyl (C=O) groups excluding carboxylic acids is 1. The van der Waals surface area contributed by atoms with Gasteiger partial charge in [0, 0.05) is 51.6 Å². The molecule has 6 heteroatoms. The van der Waals surface area contributed by atoms with Crippen LogP contribution in [0.2, 0.25) is 0 Å². The first-order chi connectivity index (χ1) is 11.7. The summed E-state index contributed by atoms with van der Waals surface area (Å²) in [5.41, 5.74) is 0.283. The Kier molecular flexibility index (Phi) is 4.39. The number of carbonyl (C=O) groups is 1. The van der Waals surface area contributed by atoms with Crippen LogP contribution in [0.15, 0.2) is 18.6 Å². The highest BCUT2D eigenvalue weighted by Crippen LogP contribution is 2.41. The molecule has 1 atom stereocenters. The highest BCUT2D eigenvalue weighted by Gasteiger charge is 2.41. The zero-order chi connectivity index (χ0) is 16.4. The predicted octanol–water partition coefficient (Wildman–Crippen LogP) is 1.86. The van der Waals surface area contributed by atoms with Gasteiger partial charge in [-0.25, -0.2) is 4.98 Å². The molecule has 1 amide bonds. The van der Waals surface area contributed by atoms with Gasteiger partial charge in [0.25, 0.3) is 0 Å². The Bertz CT molecular complexity index is 566. The van der Waals surface area contributed by atoms with E-state index in [1.165, 1.54) is 0 Å². The average molecular weight is 330 g/mol. The molecule has 1 unspecified atom stereocenters. The van der Waals surface area contributed by atoms with Crippen LogP contribution in [-0.2, 0) is 9.53 Å². The molecule has 0 N–H and O–H groups in total. The fourth-order valence-corrected chi connectivity index (χ4v) is 4.38. The minimum atomic E-state index is 0.254. The first-order valence-electron chi connectivity index (χ1n) is 9.15. The van der Waals surface area contributed by atoms with Gasteiger partial charge in [-0.1, -0.05) is 0 Å². The third kappa shape index (κ3) is 3.24. The van der Waals surface area contributed by atoms with Crippen LogP contribution in [-0.4, -0.2) is 59.7 Å². The molecule has 0 aromatic carbocycles. The van der Waals surface area contributed by atoms with E-state index in [-0.39, 0.29) is 11.5 Å². The van der Waals surface area contributed by atoms with Gasteiger partial charge in [0.15, 0.2) is 0 Å². The van der Waals surface area contributed by atoms with Crippen molar-refractivity contribution in [2.24, 2.45) is 5.41 Å². The molecular formula is C18H26N4O2. The first kappa shape index (κ1) is 15.8.